The molecular formula is C10H17NO2. The van der Waals surface area contributed by atoms with Crippen LogP contribution in [0.5, 0.6) is 0 Å². The summed E-state index contributed by atoms with van der Waals surface area (Å²) in [7, 11) is 0. The minimum Gasteiger partial charge on any atom is -0.392 e. The fraction of sp³-hybridized carbons (Fsp3) is 0.900. The van der Waals surface area contributed by atoms with E-state index in [1.54, 1.807) is 0 Å². The van der Waals surface area contributed by atoms with Crippen molar-refractivity contribution >= 4 is 5.91 Å². The average molecular weight is 183 g/mol. The van der Waals surface area contributed by atoms with Gasteiger partial charge in [0.05, 0.1) is 6.10 Å². The van der Waals surface area contributed by atoms with Crippen molar-refractivity contribution < 1.29 is 9.90 Å². The van der Waals surface area contributed by atoms with Gasteiger partial charge in [0, 0.05) is 18.9 Å². The summed E-state index contributed by atoms with van der Waals surface area (Å²) in [5.41, 5.74) is 0. The van der Waals surface area contributed by atoms with E-state index in [0.717, 1.165) is 12.8 Å². The smallest absolute Gasteiger partial charge is 0.220 e. The van der Waals surface area contributed by atoms with E-state index >= 15 is 0 Å². The van der Waals surface area contributed by atoms with Gasteiger partial charge in [-0.05, 0) is 18.8 Å². The Morgan fingerprint density at radius 1 is 1.31 bits per heavy atom. The number of rotatable bonds is 2. The molecule has 3 heteroatoms. The van der Waals surface area contributed by atoms with Crippen molar-refractivity contribution in [2.75, 3.05) is 6.54 Å². The summed E-state index contributed by atoms with van der Waals surface area (Å²) in [6.45, 7) is 0.677. The Morgan fingerprint density at radius 3 is 2.54 bits per heavy atom. The second-order valence-corrected chi connectivity index (χ2v) is 4.30. The van der Waals surface area contributed by atoms with Crippen LogP contribution in [0.3, 0.4) is 0 Å². The van der Waals surface area contributed by atoms with Gasteiger partial charge in [0.2, 0.25) is 5.91 Å². The standard InChI is InChI=1S/C10H17NO2/c12-9-5-8(6-11-9)10(13)7-3-1-2-4-7/h7-8,10,13H,1-6H2,(H,11,12). The van der Waals surface area contributed by atoms with Crippen molar-refractivity contribution in [3.05, 3.63) is 0 Å². The second kappa shape index (κ2) is 3.66. The fourth-order valence-electron chi connectivity index (χ4n) is 2.55. The third-order valence-electron chi connectivity index (χ3n) is 3.37. The number of carbonyl (C=O) groups excluding carboxylic acids is 1. The molecule has 2 atom stereocenters. The molecular weight excluding hydrogens is 166 g/mol. The van der Waals surface area contributed by atoms with Crippen LogP contribution in [-0.4, -0.2) is 23.7 Å². The van der Waals surface area contributed by atoms with Crippen LogP contribution in [0.25, 0.3) is 0 Å². The number of nitrogens with one attached hydrogen (secondary N) is 1. The van der Waals surface area contributed by atoms with Crippen molar-refractivity contribution in [2.24, 2.45) is 11.8 Å². The van der Waals surface area contributed by atoms with E-state index in [1.165, 1.54) is 12.8 Å². The van der Waals surface area contributed by atoms with Gasteiger partial charge in [0.15, 0.2) is 0 Å². The monoisotopic (exact) mass is 183 g/mol. The largest absolute Gasteiger partial charge is 0.392 e. The van der Waals surface area contributed by atoms with Crippen LogP contribution in [0, 0.1) is 11.8 Å². The summed E-state index contributed by atoms with van der Waals surface area (Å²) in [6, 6.07) is 0. The second-order valence-electron chi connectivity index (χ2n) is 4.30. The molecule has 2 aliphatic rings. The minimum atomic E-state index is -0.249. The van der Waals surface area contributed by atoms with Gasteiger partial charge in [-0.1, -0.05) is 12.8 Å². The summed E-state index contributed by atoms with van der Waals surface area (Å²) in [4.78, 5) is 11.0. The normalized spacial score (nSPS) is 32.1. The lowest BCUT2D eigenvalue weighted by atomic mass is 9.89. The molecule has 0 radical (unpaired) electrons. The van der Waals surface area contributed by atoms with Gasteiger partial charge < -0.3 is 10.4 Å². The fourth-order valence-corrected chi connectivity index (χ4v) is 2.55. The molecule has 1 saturated heterocycles. The minimum absolute atomic E-state index is 0.0991. The van der Waals surface area contributed by atoms with Crippen molar-refractivity contribution in [2.45, 2.75) is 38.2 Å². The lowest BCUT2D eigenvalue weighted by Crippen LogP contribution is -2.29. The predicted molar refractivity (Wildman–Crippen MR) is 49.1 cm³/mol. The number of carbonyl (C=O) groups is 1. The van der Waals surface area contributed by atoms with Gasteiger partial charge in [-0.3, -0.25) is 4.79 Å². The van der Waals surface area contributed by atoms with E-state index in [1.807, 2.05) is 0 Å². The molecule has 0 aromatic carbocycles. The van der Waals surface area contributed by atoms with E-state index in [2.05, 4.69) is 5.32 Å². The molecule has 0 bridgehead atoms. The quantitative estimate of drug-likeness (QED) is 0.661. The third-order valence-corrected chi connectivity index (χ3v) is 3.37. The van der Waals surface area contributed by atoms with E-state index in [0.29, 0.717) is 18.9 Å². The van der Waals surface area contributed by atoms with Crippen LogP contribution in [-0.2, 0) is 4.79 Å². The van der Waals surface area contributed by atoms with Gasteiger partial charge in [-0.15, -0.1) is 0 Å². The Kier molecular flexibility index (Phi) is 2.54. The first-order valence-corrected chi connectivity index (χ1v) is 5.22. The molecule has 0 spiro atoms. The summed E-state index contributed by atoms with van der Waals surface area (Å²) in [5.74, 6) is 0.732. The third kappa shape index (κ3) is 1.85. The number of hydrogen-bond donors (Lipinski definition) is 2. The van der Waals surface area contributed by atoms with Crippen molar-refractivity contribution in [1.29, 1.82) is 0 Å². The zero-order valence-corrected chi connectivity index (χ0v) is 7.83. The maximum Gasteiger partial charge on any atom is 0.220 e. The van der Waals surface area contributed by atoms with E-state index in [4.69, 9.17) is 0 Å². The molecule has 1 saturated carbocycles. The first-order chi connectivity index (χ1) is 6.27. The zero-order valence-electron chi connectivity index (χ0n) is 7.83. The summed E-state index contributed by atoms with van der Waals surface area (Å²) >= 11 is 0. The van der Waals surface area contributed by atoms with Crippen molar-refractivity contribution in [3.8, 4) is 0 Å². The first kappa shape index (κ1) is 9.00. The van der Waals surface area contributed by atoms with Crippen LogP contribution in [0.15, 0.2) is 0 Å². The van der Waals surface area contributed by atoms with Gasteiger partial charge in [-0.2, -0.15) is 0 Å². The van der Waals surface area contributed by atoms with Gasteiger partial charge in [0.25, 0.3) is 0 Å². The summed E-state index contributed by atoms with van der Waals surface area (Å²) in [6.07, 6.45) is 5.06. The molecule has 2 fully saturated rings. The van der Waals surface area contributed by atoms with Crippen LogP contribution in [0.2, 0.25) is 0 Å². The van der Waals surface area contributed by atoms with Crippen molar-refractivity contribution in [1.82, 2.24) is 5.32 Å². The van der Waals surface area contributed by atoms with Crippen molar-refractivity contribution in [3.63, 3.8) is 0 Å². The van der Waals surface area contributed by atoms with Crippen LogP contribution >= 0.6 is 0 Å². The average Bonchev–Trinajstić information content (AvgIpc) is 2.72. The molecule has 1 aliphatic heterocycles. The number of aliphatic hydroxyl groups is 1. The molecule has 1 amide bonds. The van der Waals surface area contributed by atoms with Crippen LogP contribution in [0.4, 0.5) is 0 Å². The van der Waals surface area contributed by atoms with Crippen LogP contribution < -0.4 is 5.32 Å². The lowest BCUT2D eigenvalue weighted by Gasteiger charge is -2.22. The molecule has 74 valence electrons. The Bertz CT molecular complexity index is 199. The molecule has 13 heavy (non-hydrogen) atoms. The lowest BCUT2D eigenvalue weighted by molar-refractivity contribution is -0.119. The molecule has 1 aliphatic carbocycles. The Hall–Kier alpha value is -0.570. The maximum absolute atomic E-state index is 11.0. The SMILES string of the molecule is O=C1CC(C(O)C2CCCC2)CN1. The van der Waals surface area contributed by atoms with Crippen LogP contribution in [0.1, 0.15) is 32.1 Å². The Labute approximate surface area is 78.5 Å². The molecule has 3 nitrogen and oxygen atoms in total. The highest BCUT2D eigenvalue weighted by Gasteiger charge is 2.34. The summed E-state index contributed by atoms with van der Waals surface area (Å²) < 4.78 is 0. The molecule has 2 N–H and O–H groups in total. The molecule has 0 aromatic rings. The Morgan fingerprint density at radius 2 is 2.00 bits per heavy atom. The highest BCUT2D eigenvalue weighted by atomic mass is 16.3. The number of amides is 1. The molecule has 0 aromatic heterocycles. The van der Waals surface area contributed by atoms with E-state index < -0.39 is 0 Å². The first-order valence-electron chi connectivity index (χ1n) is 5.22. The van der Waals surface area contributed by atoms with E-state index in [-0.39, 0.29) is 17.9 Å². The summed E-state index contributed by atoms with van der Waals surface area (Å²) in [5, 5.41) is 12.7. The van der Waals surface area contributed by atoms with Gasteiger partial charge in [-0.25, -0.2) is 0 Å². The topological polar surface area (TPSA) is 49.3 Å². The number of hydrogen-bond acceptors (Lipinski definition) is 2. The van der Waals surface area contributed by atoms with Gasteiger partial charge >= 0.3 is 0 Å². The molecule has 2 unspecified atom stereocenters. The number of aliphatic hydroxyl groups excluding tert-OH is 1. The molecule has 1 heterocycles. The predicted octanol–water partition coefficient (Wildman–Crippen LogP) is 0.674. The highest BCUT2D eigenvalue weighted by molar-refractivity contribution is 5.78. The maximum atomic E-state index is 11.0. The zero-order chi connectivity index (χ0) is 9.26. The molecule has 2 rings (SSSR count). The Balaban J connectivity index is 1.88. The van der Waals surface area contributed by atoms with Gasteiger partial charge in [0.1, 0.15) is 0 Å². The highest BCUT2D eigenvalue weighted by Crippen LogP contribution is 2.32. The van der Waals surface area contributed by atoms with E-state index in [9.17, 15) is 9.90 Å².